The Kier molecular flexibility index (Phi) is 5.51. The van der Waals surface area contributed by atoms with E-state index in [4.69, 9.17) is 4.74 Å². The van der Waals surface area contributed by atoms with Crippen LogP contribution in [0.4, 0.5) is 5.69 Å². The van der Waals surface area contributed by atoms with E-state index < -0.39 is 20.5 Å². The van der Waals surface area contributed by atoms with E-state index in [1.54, 1.807) is 24.3 Å². The molecule has 4 aliphatic carbocycles. The molecule has 2 amide bonds. The number of esters is 1. The molecule has 0 spiro atoms. The molecule has 1 saturated carbocycles. The highest BCUT2D eigenvalue weighted by atomic mass is 79.9. The number of carbonyl (C=O) groups excluding carboxylic acids is 3. The molecule has 7 heteroatoms. The van der Waals surface area contributed by atoms with Gasteiger partial charge in [-0.15, -0.1) is 0 Å². The Bertz CT molecular complexity index is 1370. The van der Waals surface area contributed by atoms with E-state index in [1.807, 2.05) is 48.5 Å². The van der Waals surface area contributed by atoms with Crippen molar-refractivity contribution in [1.29, 1.82) is 0 Å². The molecule has 0 unspecified atom stereocenters. The van der Waals surface area contributed by atoms with Crippen LogP contribution in [-0.4, -0.2) is 23.9 Å². The number of carbonyl (C=O) groups is 3. The highest BCUT2D eigenvalue weighted by molar-refractivity contribution is 9.10. The minimum Gasteiger partial charge on any atom is -0.459 e. The first-order valence-corrected chi connectivity index (χ1v) is 14.7. The molecule has 0 radical (unpaired) electrons. The van der Waals surface area contributed by atoms with Crippen LogP contribution in [0.15, 0.2) is 72.8 Å². The number of nitrogens with zero attached hydrogens (tertiary/aromatic N) is 1. The number of ether oxygens (including phenoxy) is 1. The van der Waals surface area contributed by atoms with Crippen molar-refractivity contribution < 1.29 is 19.1 Å². The number of amides is 2. The molecular formula is C31H25Br2NO4. The molecule has 5 nitrogen and oxygen atoms in total. The fourth-order valence-corrected chi connectivity index (χ4v) is 9.37. The molecule has 2 fully saturated rings. The van der Waals surface area contributed by atoms with E-state index in [0.29, 0.717) is 11.3 Å². The highest BCUT2D eigenvalue weighted by Gasteiger charge is 2.72. The van der Waals surface area contributed by atoms with Crippen LogP contribution in [0, 0.1) is 11.8 Å². The van der Waals surface area contributed by atoms with Crippen molar-refractivity contribution in [2.75, 3.05) is 4.90 Å². The smallest absolute Gasteiger partial charge is 0.338 e. The molecule has 192 valence electrons. The summed E-state index contributed by atoms with van der Waals surface area (Å²) in [6.07, 6.45) is 5.11. The standard InChI is InChI=1S/C31H25Br2NO4/c32-30-21-10-4-5-11-22(21)31(33,24-13-7-6-12-23(24)30)26-25(30)27(35)34(28(26)36)19-16-14-18(15-17-19)29(37)38-20-8-2-1-3-9-20/h4-7,10-17,20,25-26H,1-3,8-9H2/t25-,26-,30?,31?/m1/s1. The Hall–Kier alpha value is -2.77. The topological polar surface area (TPSA) is 63.7 Å². The quantitative estimate of drug-likeness (QED) is 0.185. The molecule has 3 aromatic rings. The van der Waals surface area contributed by atoms with E-state index >= 15 is 0 Å². The summed E-state index contributed by atoms with van der Waals surface area (Å²) in [5.41, 5.74) is 4.88. The molecule has 38 heavy (non-hydrogen) atoms. The molecule has 8 rings (SSSR count). The summed E-state index contributed by atoms with van der Waals surface area (Å²) in [5.74, 6) is -2.12. The van der Waals surface area contributed by atoms with Gasteiger partial charge in [-0.3, -0.25) is 9.59 Å². The lowest BCUT2D eigenvalue weighted by atomic mass is 9.54. The summed E-state index contributed by atoms with van der Waals surface area (Å²) < 4.78 is 4.04. The van der Waals surface area contributed by atoms with Gasteiger partial charge < -0.3 is 4.74 Å². The molecule has 1 aliphatic heterocycles. The second-order valence-electron chi connectivity index (χ2n) is 10.7. The zero-order valence-corrected chi connectivity index (χ0v) is 23.7. The molecule has 1 heterocycles. The van der Waals surface area contributed by atoms with Crippen LogP contribution < -0.4 is 4.90 Å². The van der Waals surface area contributed by atoms with Gasteiger partial charge in [-0.05, 0) is 72.2 Å². The van der Waals surface area contributed by atoms with E-state index in [1.165, 1.54) is 11.3 Å². The Labute approximate surface area is 237 Å². The lowest BCUT2D eigenvalue weighted by Crippen LogP contribution is -2.56. The van der Waals surface area contributed by atoms with Crippen LogP contribution in [0.25, 0.3) is 0 Å². The zero-order chi connectivity index (χ0) is 26.2. The summed E-state index contributed by atoms with van der Waals surface area (Å²) in [7, 11) is 0. The van der Waals surface area contributed by atoms with Crippen molar-refractivity contribution in [3.8, 4) is 0 Å². The maximum absolute atomic E-state index is 14.2. The van der Waals surface area contributed by atoms with Crippen molar-refractivity contribution in [3.63, 3.8) is 0 Å². The van der Waals surface area contributed by atoms with Crippen LogP contribution in [0.2, 0.25) is 0 Å². The molecule has 1 saturated heterocycles. The molecule has 2 atom stereocenters. The van der Waals surface area contributed by atoms with Crippen molar-refractivity contribution in [1.82, 2.24) is 0 Å². The third kappa shape index (κ3) is 3.12. The molecule has 3 aromatic carbocycles. The Balaban J connectivity index is 1.27. The van der Waals surface area contributed by atoms with Crippen LogP contribution in [0.1, 0.15) is 64.7 Å². The largest absolute Gasteiger partial charge is 0.459 e. The van der Waals surface area contributed by atoms with Crippen molar-refractivity contribution in [2.45, 2.75) is 46.9 Å². The lowest BCUT2D eigenvalue weighted by Gasteiger charge is -2.55. The average Bonchev–Trinajstić information content (AvgIpc) is 3.23. The van der Waals surface area contributed by atoms with Gasteiger partial charge in [0.1, 0.15) is 6.10 Å². The normalized spacial score (nSPS) is 29.6. The van der Waals surface area contributed by atoms with Crippen molar-refractivity contribution in [2.24, 2.45) is 11.8 Å². The van der Waals surface area contributed by atoms with Gasteiger partial charge in [0.05, 0.1) is 31.7 Å². The first-order chi connectivity index (χ1) is 18.4. The number of anilines is 1. The molecular weight excluding hydrogens is 610 g/mol. The Morgan fingerprint density at radius 1 is 0.711 bits per heavy atom. The van der Waals surface area contributed by atoms with Gasteiger partial charge in [-0.1, -0.05) is 86.8 Å². The summed E-state index contributed by atoms with van der Waals surface area (Å²) >= 11 is 8.05. The number of alkyl halides is 2. The number of hydrogen-bond donors (Lipinski definition) is 0. The number of rotatable bonds is 3. The fraction of sp³-hybridized carbons (Fsp3) is 0.323. The molecule has 0 N–H and O–H groups in total. The van der Waals surface area contributed by atoms with E-state index in [2.05, 4.69) is 31.9 Å². The molecule has 0 aromatic heterocycles. The first kappa shape index (κ1) is 24.3. The third-order valence-corrected chi connectivity index (χ3v) is 11.5. The minimum absolute atomic E-state index is 0.0373. The van der Waals surface area contributed by atoms with Crippen LogP contribution in [0.5, 0.6) is 0 Å². The average molecular weight is 635 g/mol. The van der Waals surface area contributed by atoms with E-state index in [0.717, 1.165) is 47.9 Å². The van der Waals surface area contributed by atoms with E-state index in [9.17, 15) is 14.4 Å². The SMILES string of the molecule is O=C(OC1CCCCC1)c1ccc(N2C(=O)[C@H]3[C@H](C2=O)C2(Br)c4ccccc4C3(Br)c3ccccc32)cc1. The number of halogens is 2. The Morgan fingerprint density at radius 2 is 1.16 bits per heavy atom. The summed E-state index contributed by atoms with van der Waals surface area (Å²) in [5, 5.41) is 0. The van der Waals surface area contributed by atoms with Gasteiger partial charge in [0, 0.05) is 0 Å². The second kappa shape index (κ2) is 8.62. The highest BCUT2D eigenvalue weighted by Crippen LogP contribution is 2.70. The lowest BCUT2D eigenvalue weighted by molar-refractivity contribution is -0.122. The van der Waals surface area contributed by atoms with Gasteiger partial charge in [0.25, 0.3) is 0 Å². The van der Waals surface area contributed by atoms with Gasteiger partial charge >= 0.3 is 5.97 Å². The van der Waals surface area contributed by atoms with Gasteiger partial charge in [0.15, 0.2) is 0 Å². The predicted molar refractivity (Wildman–Crippen MR) is 151 cm³/mol. The second-order valence-corrected chi connectivity index (χ2v) is 13.2. The van der Waals surface area contributed by atoms with E-state index in [-0.39, 0.29) is 23.9 Å². The molecule has 2 bridgehead atoms. The van der Waals surface area contributed by atoms with Crippen LogP contribution >= 0.6 is 31.9 Å². The van der Waals surface area contributed by atoms with Gasteiger partial charge in [0.2, 0.25) is 11.8 Å². The Morgan fingerprint density at radius 3 is 1.61 bits per heavy atom. The maximum atomic E-state index is 14.2. The van der Waals surface area contributed by atoms with Crippen molar-refractivity contribution >= 4 is 55.3 Å². The summed E-state index contributed by atoms with van der Waals surface area (Å²) in [6.45, 7) is 0. The predicted octanol–water partition coefficient (Wildman–Crippen LogP) is 6.59. The maximum Gasteiger partial charge on any atom is 0.338 e. The number of hydrogen-bond acceptors (Lipinski definition) is 4. The molecule has 5 aliphatic rings. The van der Waals surface area contributed by atoms with Crippen LogP contribution in [-0.2, 0) is 23.0 Å². The minimum atomic E-state index is -0.828. The van der Waals surface area contributed by atoms with Gasteiger partial charge in [-0.25, -0.2) is 9.69 Å². The summed E-state index contributed by atoms with van der Waals surface area (Å²) in [4.78, 5) is 42.3. The van der Waals surface area contributed by atoms with Crippen molar-refractivity contribution in [3.05, 3.63) is 101 Å². The number of benzene rings is 3. The summed E-state index contributed by atoms with van der Waals surface area (Å²) in [6, 6.07) is 22.7. The number of imide groups is 1. The van der Waals surface area contributed by atoms with Crippen LogP contribution in [0.3, 0.4) is 0 Å². The monoisotopic (exact) mass is 633 g/mol. The third-order valence-electron chi connectivity index (χ3n) is 8.77. The first-order valence-electron chi connectivity index (χ1n) is 13.1. The fourth-order valence-electron chi connectivity index (χ4n) is 7.07. The zero-order valence-electron chi connectivity index (χ0n) is 20.5. The van der Waals surface area contributed by atoms with Gasteiger partial charge in [-0.2, -0.15) is 0 Å².